The molecule has 1 saturated heterocycles. The van der Waals surface area contributed by atoms with Gasteiger partial charge >= 0.3 is 0 Å². The van der Waals surface area contributed by atoms with E-state index in [9.17, 15) is 19.5 Å². The van der Waals surface area contributed by atoms with Gasteiger partial charge in [-0.3, -0.25) is 19.3 Å². The number of carbonyl (C=O) groups excluding carboxylic acids is 3. The van der Waals surface area contributed by atoms with Crippen molar-refractivity contribution in [2.45, 2.75) is 25.5 Å². The first-order valence-electron chi connectivity index (χ1n) is 7.79. The highest BCUT2D eigenvalue weighted by molar-refractivity contribution is 7.12. The van der Waals surface area contributed by atoms with Crippen molar-refractivity contribution in [3.05, 3.63) is 21.9 Å². The monoisotopic (exact) mass is 353 g/mol. The Kier molecular flexibility index (Phi) is 6.09. The number of amides is 2. The van der Waals surface area contributed by atoms with Crippen LogP contribution in [0.3, 0.4) is 0 Å². The molecule has 132 valence electrons. The van der Waals surface area contributed by atoms with Gasteiger partial charge in [-0.25, -0.2) is 0 Å². The SMILES string of the molecule is CC(=O)c1cc(C(=O)N[C@@H]2CCN(CC(=O)N(C)C)C[C@H]2O)cs1. The van der Waals surface area contributed by atoms with Crippen molar-refractivity contribution < 1.29 is 19.5 Å². The molecule has 1 aromatic rings. The minimum atomic E-state index is -0.733. The Bertz CT molecular complexity index is 629. The van der Waals surface area contributed by atoms with Gasteiger partial charge in [-0.1, -0.05) is 0 Å². The zero-order valence-corrected chi connectivity index (χ0v) is 14.9. The average molecular weight is 353 g/mol. The molecule has 2 rings (SSSR count). The predicted octanol–water partition coefficient (Wildman–Crippen LogP) is 0.204. The summed E-state index contributed by atoms with van der Waals surface area (Å²) >= 11 is 1.24. The van der Waals surface area contributed by atoms with Crippen LogP contribution < -0.4 is 5.32 Å². The van der Waals surface area contributed by atoms with Gasteiger partial charge in [0, 0.05) is 32.6 Å². The molecule has 1 aliphatic heterocycles. The fraction of sp³-hybridized carbons (Fsp3) is 0.562. The molecule has 2 N–H and O–H groups in total. The van der Waals surface area contributed by atoms with Crippen molar-refractivity contribution >= 4 is 28.9 Å². The van der Waals surface area contributed by atoms with Gasteiger partial charge in [0.15, 0.2) is 5.78 Å². The topological polar surface area (TPSA) is 90.0 Å². The molecule has 2 heterocycles. The van der Waals surface area contributed by atoms with Crippen LogP contribution in [0.5, 0.6) is 0 Å². The Hall–Kier alpha value is -1.77. The molecule has 0 bridgehead atoms. The molecule has 1 aromatic heterocycles. The number of nitrogens with one attached hydrogen (secondary N) is 1. The molecule has 0 aliphatic carbocycles. The number of nitrogens with zero attached hydrogens (tertiary/aromatic N) is 2. The Morgan fingerprint density at radius 2 is 2.12 bits per heavy atom. The number of likely N-dealkylation sites (N-methyl/N-ethyl adjacent to an activating group) is 1. The summed E-state index contributed by atoms with van der Waals surface area (Å²) in [6.07, 6.45) is -0.166. The molecule has 24 heavy (non-hydrogen) atoms. The summed E-state index contributed by atoms with van der Waals surface area (Å²) in [6.45, 7) is 2.69. The van der Waals surface area contributed by atoms with E-state index in [1.807, 2.05) is 4.90 Å². The number of hydrogen-bond donors (Lipinski definition) is 2. The molecule has 8 heteroatoms. The van der Waals surface area contributed by atoms with Gasteiger partial charge in [-0.2, -0.15) is 0 Å². The number of piperidine rings is 1. The van der Waals surface area contributed by atoms with Crippen LogP contribution in [0.25, 0.3) is 0 Å². The van der Waals surface area contributed by atoms with E-state index in [4.69, 9.17) is 0 Å². The molecule has 1 aliphatic rings. The van der Waals surface area contributed by atoms with E-state index in [0.717, 1.165) is 0 Å². The van der Waals surface area contributed by atoms with Gasteiger partial charge in [-0.05, 0) is 19.4 Å². The fourth-order valence-corrected chi connectivity index (χ4v) is 3.32. The second kappa shape index (κ2) is 7.87. The van der Waals surface area contributed by atoms with Crippen LogP contribution in [0.15, 0.2) is 11.4 Å². The number of Topliss-reactive ketones (excluding diaryl/α,β-unsaturated/α-hetero) is 1. The summed E-state index contributed by atoms with van der Waals surface area (Å²) in [5.74, 6) is -0.377. The third kappa shape index (κ3) is 4.62. The summed E-state index contributed by atoms with van der Waals surface area (Å²) in [4.78, 5) is 39.2. The van der Waals surface area contributed by atoms with Gasteiger partial charge in [0.1, 0.15) is 0 Å². The second-order valence-corrected chi connectivity index (χ2v) is 7.13. The molecule has 7 nitrogen and oxygen atoms in total. The highest BCUT2D eigenvalue weighted by Gasteiger charge is 2.30. The molecule has 1 fully saturated rings. The van der Waals surface area contributed by atoms with E-state index in [1.54, 1.807) is 25.5 Å². The number of likely N-dealkylation sites (tertiary alicyclic amines) is 1. The quantitative estimate of drug-likeness (QED) is 0.739. The first-order valence-corrected chi connectivity index (χ1v) is 8.66. The van der Waals surface area contributed by atoms with E-state index >= 15 is 0 Å². The zero-order valence-electron chi connectivity index (χ0n) is 14.1. The largest absolute Gasteiger partial charge is 0.390 e. The number of aliphatic hydroxyl groups is 1. The van der Waals surface area contributed by atoms with Crippen LogP contribution in [0.2, 0.25) is 0 Å². The Labute approximate surface area is 145 Å². The maximum atomic E-state index is 12.2. The molecular weight excluding hydrogens is 330 g/mol. The first-order chi connectivity index (χ1) is 11.3. The minimum absolute atomic E-state index is 0.0141. The van der Waals surface area contributed by atoms with Crippen LogP contribution in [0.4, 0.5) is 0 Å². The lowest BCUT2D eigenvalue weighted by Gasteiger charge is -2.36. The summed E-state index contributed by atoms with van der Waals surface area (Å²) in [5.41, 5.74) is 0.433. The van der Waals surface area contributed by atoms with Crippen molar-refractivity contribution in [3.8, 4) is 0 Å². The number of aliphatic hydroxyl groups excluding tert-OH is 1. The first kappa shape index (κ1) is 18.6. The smallest absolute Gasteiger partial charge is 0.252 e. The lowest BCUT2D eigenvalue weighted by atomic mass is 10.0. The third-order valence-electron chi connectivity index (χ3n) is 4.05. The molecule has 0 spiro atoms. The molecule has 0 radical (unpaired) electrons. The van der Waals surface area contributed by atoms with Crippen molar-refractivity contribution in [2.75, 3.05) is 33.7 Å². The average Bonchev–Trinajstić information content (AvgIpc) is 3.00. The fourth-order valence-electron chi connectivity index (χ4n) is 2.53. The summed E-state index contributed by atoms with van der Waals surface area (Å²) in [7, 11) is 3.39. The maximum Gasteiger partial charge on any atom is 0.252 e. The molecule has 0 saturated carbocycles. The van der Waals surface area contributed by atoms with Crippen LogP contribution in [-0.2, 0) is 4.79 Å². The summed E-state index contributed by atoms with van der Waals surface area (Å²) in [6, 6.07) is 1.21. The number of β-amino-alcohol motifs (C(OH)–C–C–N with tert-alkyl or cyclic N) is 1. The van der Waals surface area contributed by atoms with E-state index in [-0.39, 0.29) is 30.2 Å². The summed E-state index contributed by atoms with van der Waals surface area (Å²) in [5, 5.41) is 14.7. The highest BCUT2D eigenvalue weighted by atomic mass is 32.1. The lowest BCUT2D eigenvalue weighted by molar-refractivity contribution is -0.130. The van der Waals surface area contributed by atoms with Gasteiger partial charge < -0.3 is 15.3 Å². The minimum Gasteiger partial charge on any atom is -0.390 e. The number of carbonyl (C=O) groups is 3. The number of rotatable bonds is 5. The molecule has 0 aromatic carbocycles. The normalized spacial score (nSPS) is 21.3. The van der Waals surface area contributed by atoms with Crippen molar-refractivity contribution in [1.82, 2.24) is 15.1 Å². The Morgan fingerprint density at radius 1 is 1.42 bits per heavy atom. The molecule has 2 amide bonds. The van der Waals surface area contributed by atoms with Crippen molar-refractivity contribution in [1.29, 1.82) is 0 Å². The number of ketones is 1. The zero-order chi connectivity index (χ0) is 17.9. The molecular formula is C16H23N3O4S. The van der Waals surface area contributed by atoms with E-state index in [2.05, 4.69) is 5.32 Å². The second-order valence-electron chi connectivity index (χ2n) is 6.22. The predicted molar refractivity (Wildman–Crippen MR) is 91.3 cm³/mol. The molecule has 2 atom stereocenters. The van der Waals surface area contributed by atoms with E-state index in [1.165, 1.54) is 23.2 Å². The third-order valence-corrected chi connectivity index (χ3v) is 5.08. The van der Waals surface area contributed by atoms with Crippen LogP contribution in [0, 0.1) is 0 Å². The van der Waals surface area contributed by atoms with Crippen LogP contribution in [0.1, 0.15) is 33.4 Å². The van der Waals surface area contributed by atoms with Gasteiger partial charge in [-0.15, -0.1) is 11.3 Å². The standard InChI is InChI=1S/C16H23N3O4S/c1-10(20)14-6-11(9-24-14)16(23)17-12-4-5-19(7-13(12)21)8-15(22)18(2)3/h6,9,12-13,21H,4-5,7-8H2,1-3H3,(H,17,23)/t12-,13-/m1/s1. The van der Waals surface area contributed by atoms with Gasteiger partial charge in [0.25, 0.3) is 5.91 Å². The van der Waals surface area contributed by atoms with Gasteiger partial charge in [0.05, 0.1) is 29.1 Å². The van der Waals surface area contributed by atoms with Crippen LogP contribution in [-0.4, -0.2) is 78.4 Å². The highest BCUT2D eigenvalue weighted by Crippen LogP contribution is 2.17. The Morgan fingerprint density at radius 3 is 2.67 bits per heavy atom. The van der Waals surface area contributed by atoms with Crippen LogP contribution >= 0.6 is 11.3 Å². The maximum absolute atomic E-state index is 12.2. The lowest BCUT2D eigenvalue weighted by Crippen LogP contribution is -2.55. The van der Waals surface area contributed by atoms with Crippen molar-refractivity contribution in [3.63, 3.8) is 0 Å². The van der Waals surface area contributed by atoms with Gasteiger partial charge in [0.2, 0.25) is 5.91 Å². The molecule has 0 unspecified atom stereocenters. The number of thiophene rings is 1. The number of hydrogen-bond acceptors (Lipinski definition) is 6. The van der Waals surface area contributed by atoms with E-state index in [0.29, 0.717) is 30.0 Å². The van der Waals surface area contributed by atoms with Crippen molar-refractivity contribution in [2.24, 2.45) is 0 Å². The van der Waals surface area contributed by atoms with E-state index < -0.39 is 6.10 Å². The summed E-state index contributed by atoms with van der Waals surface area (Å²) < 4.78 is 0. The Balaban J connectivity index is 1.89.